The lowest BCUT2D eigenvalue weighted by molar-refractivity contribution is -0.123. The number of esters is 1. The van der Waals surface area contributed by atoms with E-state index in [-0.39, 0.29) is 5.56 Å². The molecule has 0 unspecified atom stereocenters. The fraction of sp³-hybridized carbons (Fsp3) is 0.391. The highest BCUT2D eigenvalue weighted by molar-refractivity contribution is 5.98. The zero-order valence-corrected chi connectivity index (χ0v) is 17.6. The minimum Gasteiger partial charge on any atom is -0.497 e. The number of nitrogens with one attached hydrogen (secondary N) is 1. The van der Waals surface area contributed by atoms with Crippen LogP contribution in [0.5, 0.6) is 11.5 Å². The number of carbonyl (C=O) groups is 2. The molecule has 1 N–H and O–H groups in total. The molecule has 1 aliphatic heterocycles. The summed E-state index contributed by atoms with van der Waals surface area (Å²) in [5, 5.41) is 2.79. The number of nitrogens with zero attached hydrogens (tertiary/aromatic N) is 1. The van der Waals surface area contributed by atoms with E-state index in [1.54, 1.807) is 18.2 Å². The Morgan fingerprint density at radius 2 is 1.67 bits per heavy atom. The van der Waals surface area contributed by atoms with E-state index < -0.39 is 18.0 Å². The topological polar surface area (TPSA) is 77.1 Å². The summed E-state index contributed by atoms with van der Waals surface area (Å²) in [5.41, 5.74) is 2.04. The molecule has 1 amide bonds. The number of hydrogen-bond donors (Lipinski definition) is 1. The van der Waals surface area contributed by atoms with Crippen LogP contribution in [0.2, 0.25) is 0 Å². The Balaban J connectivity index is 1.58. The monoisotopic (exact) mass is 412 g/mol. The van der Waals surface area contributed by atoms with Gasteiger partial charge >= 0.3 is 5.97 Å². The maximum Gasteiger partial charge on any atom is 0.342 e. The molecule has 0 aromatic heterocycles. The van der Waals surface area contributed by atoms with Crippen molar-refractivity contribution in [2.24, 2.45) is 0 Å². The van der Waals surface area contributed by atoms with Crippen molar-refractivity contribution >= 4 is 23.3 Å². The van der Waals surface area contributed by atoms with E-state index in [0.717, 1.165) is 18.8 Å². The maximum atomic E-state index is 12.5. The molecule has 1 heterocycles. The van der Waals surface area contributed by atoms with Gasteiger partial charge in [-0.1, -0.05) is 0 Å². The third-order valence-corrected chi connectivity index (χ3v) is 5.14. The molecule has 2 aromatic rings. The van der Waals surface area contributed by atoms with Gasteiger partial charge in [0, 0.05) is 30.5 Å². The number of ether oxygens (including phenoxy) is 3. The van der Waals surface area contributed by atoms with Gasteiger partial charge in [0.05, 0.1) is 14.2 Å². The second kappa shape index (κ2) is 10.0. The highest BCUT2D eigenvalue weighted by atomic mass is 16.5. The van der Waals surface area contributed by atoms with Crippen LogP contribution >= 0.6 is 0 Å². The molecule has 2 aromatic carbocycles. The van der Waals surface area contributed by atoms with Crippen molar-refractivity contribution in [1.82, 2.24) is 0 Å². The summed E-state index contributed by atoms with van der Waals surface area (Å²) in [5.74, 6) is -0.165. The lowest BCUT2D eigenvalue weighted by Gasteiger charge is -2.28. The molecule has 7 heteroatoms. The minimum absolute atomic E-state index is 0.226. The molecule has 1 atom stereocenters. The number of hydrogen-bond acceptors (Lipinski definition) is 6. The Hall–Kier alpha value is -3.22. The highest BCUT2D eigenvalue weighted by Crippen LogP contribution is 2.26. The van der Waals surface area contributed by atoms with Gasteiger partial charge < -0.3 is 24.4 Å². The standard InChI is InChI=1S/C23H28N2O5/c1-16(30-23(27)20-12-11-19(28-2)15-21(20)29-3)22(26)24-17-7-9-18(10-8-17)25-13-5-4-6-14-25/h7-12,15-16H,4-6,13-14H2,1-3H3,(H,24,26)/t16-/m1/s1. The summed E-state index contributed by atoms with van der Waals surface area (Å²) in [6, 6.07) is 12.5. The molecule has 160 valence electrons. The quantitative estimate of drug-likeness (QED) is 0.696. The van der Waals surface area contributed by atoms with E-state index in [1.165, 1.54) is 40.4 Å². The average Bonchev–Trinajstić information content (AvgIpc) is 2.79. The van der Waals surface area contributed by atoms with Crippen LogP contribution in [0, 0.1) is 0 Å². The van der Waals surface area contributed by atoms with Crippen molar-refractivity contribution < 1.29 is 23.8 Å². The van der Waals surface area contributed by atoms with Crippen LogP contribution in [0.1, 0.15) is 36.5 Å². The van der Waals surface area contributed by atoms with Gasteiger partial charge in [-0.2, -0.15) is 0 Å². The van der Waals surface area contributed by atoms with Crippen LogP contribution in [-0.2, 0) is 9.53 Å². The van der Waals surface area contributed by atoms with Gasteiger partial charge in [0.15, 0.2) is 6.10 Å². The van der Waals surface area contributed by atoms with Crippen LogP contribution in [0.4, 0.5) is 11.4 Å². The van der Waals surface area contributed by atoms with Crippen LogP contribution in [0.25, 0.3) is 0 Å². The molecule has 0 aliphatic carbocycles. The second-order valence-corrected chi connectivity index (χ2v) is 7.20. The van der Waals surface area contributed by atoms with Gasteiger partial charge in [-0.25, -0.2) is 4.79 Å². The number of anilines is 2. The van der Waals surface area contributed by atoms with Crippen LogP contribution in [0.15, 0.2) is 42.5 Å². The van der Waals surface area contributed by atoms with E-state index in [4.69, 9.17) is 14.2 Å². The van der Waals surface area contributed by atoms with Crippen LogP contribution in [0.3, 0.4) is 0 Å². The number of piperidine rings is 1. The van der Waals surface area contributed by atoms with Gasteiger partial charge in [-0.3, -0.25) is 4.79 Å². The SMILES string of the molecule is COc1ccc(C(=O)O[C@H](C)C(=O)Nc2ccc(N3CCCCC3)cc2)c(OC)c1. The van der Waals surface area contributed by atoms with Gasteiger partial charge in [0.1, 0.15) is 17.1 Å². The molecular weight excluding hydrogens is 384 g/mol. The molecule has 7 nitrogen and oxygen atoms in total. The predicted octanol–water partition coefficient (Wildman–Crippen LogP) is 3.88. The van der Waals surface area contributed by atoms with Crippen LogP contribution in [-0.4, -0.2) is 45.3 Å². The smallest absolute Gasteiger partial charge is 0.342 e. The number of methoxy groups -OCH3 is 2. The number of rotatable bonds is 7. The molecule has 1 fully saturated rings. The molecule has 3 rings (SSSR count). The van der Waals surface area contributed by atoms with Crippen molar-refractivity contribution in [2.45, 2.75) is 32.3 Å². The fourth-order valence-electron chi connectivity index (χ4n) is 3.40. The maximum absolute atomic E-state index is 12.5. The highest BCUT2D eigenvalue weighted by Gasteiger charge is 2.22. The molecule has 0 spiro atoms. The van der Waals surface area contributed by atoms with Crippen molar-refractivity contribution in [1.29, 1.82) is 0 Å². The summed E-state index contributed by atoms with van der Waals surface area (Å²) in [4.78, 5) is 27.3. The molecule has 1 saturated heterocycles. The minimum atomic E-state index is -0.967. The molecule has 0 saturated carbocycles. The zero-order chi connectivity index (χ0) is 21.5. The largest absolute Gasteiger partial charge is 0.497 e. The summed E-state index contributed by atoms with van der Waals surface area (Å²) in [6.07, 6.45) is 2.73. The van der Waals surface area contributed by atoms with Gasteiger partial charge in [-0.15, -0.1) is 0 Å². The van der Waals surface area contributed by atoms with Crippen molar-refractivity contribution in [3.05, 3.63) is 48.0 Å². The first-order chi connectivity index (χ1) is 14.5. The van der Waals surface area contributed by atoms with Crippen LogP contribution < -0.4 is 19.7 Å². The Kier molecular flexibility index (Phi) is 7.17. The number of carbonyl (C=O) groups excluding carboxylic acids is 2. The Labute approximate surface area is 176 Å². The van der Waals surface area contributed by atoms with E-state index in [2.05, 4.69) is 10.2 Å². The predicted molar refractivity (Wildman–Crippen MR) is 116 cm³/mol. The Morgan fingerprint density at radius 1 is 0.967 bits per heavy atom. The van der Waals surface area contributed by atoms with Crippen molar-refractivity contribution in [3.63, 3.8) is 0 Å². The molecule has 0 radical (unpaired) electrons. The molecule has 0 bridgehead atoms. The summed E-state index contributed by atoms with van der Waals surface area (Å²) in [6.45, 7) is 3.66. The zero-order valence-electron chi connectivity index (χ0n) is 17.6. The van der Waals surface area contributed by atoms with Gasteiger partial charge in [-0.05, 0) is 62.6 Å². The lowest BCUT2D eigenvalue weighted by atomic mass is 10.1. The average molecular weight is 412 g/mol. The van der Waals surface area contributed by atoms with Crippen molar-refractivity contribution in [3.8, 4) is 11.5 Å². The van der Waals surface area contributed by atoms with E-state index in [1.807, 2.05) is 24.3 Å². The number of amides is 1. The number of benzene rings is 2. The van der Waals surface area contributed by atoms with E-state index in [9.17, 15) is 9.59 Å². The summed E-state index contributed by atoms with van der Waals surface area (Å²) < 4.78 is 15.7. The third-order valence-electron chi connectivity index (χ3n) is 5.14. The Bertz CT molecular complexity index is 876. The normalized spacial score (nSPS) is 14.6. The van der Waals surface area contributed by atoms with Crippen molar-refractivity contribution in [2.75, 3.05) is 37.5 Å². The Morgan fingerprint density at radius 3 is 2.30 bits per heavy atom. The first kappa shape index (κ1) is 21.5. The molecule has 30 heavy (non-hydrogen) atoms. The lowest BCUT2D eigenvalue weighted by Crippen LogP contribution is -2.30. The first-order valence-electron chi connectivity index (χ1n) is 10.1. The first-order valence-corrected chi connectivity index (χ1v) is 10.1. The summed E-state index contributed by atoms with van der Waals surface area (Å²) >= 11 is 0. The third kappa shape index (κ3) is 5.23. The van der Waals surface area contributed by atoms with Gasteiger partial charge in [0.25, 0.3) is 5.91 Å². The van der Waals surface area contributed by atoms with E-state index in [0.29, 0.717) is 17.2 Å². The molecular formula is C23H28N2O5. The van der Waals surface area contributed by atoms with Gasteiger partial charge in [0.2, 0.25) is 0 Å². The van der Waals surface area contributed by atoms with E-state index >= 15 is 0 Å². The summed E-state index contributed by atoms with van der Waals surface area (Å²) in [7, 11) is 2.98. The fourth-order valence-corrected chi connectivity index (χ4v) is 3.40. The molecule has 1 aliphatic rings. The second-order valence-electron chi connectivity index (χ2n) is 7.20.